The molecule has 6 aromatic heterocycles. The van der Waals surface area contributed by atoms with Crippen LogP contribution in [-0.4, -0.2) is 69.9 Å². The molecule has 3 amide bonds. The van der Waals surface area contributed by atoms with Crippen molar-refractivity contribution in [2.45, 2.75) is 63.9 Å². The van der Waals surface area contributed by atoms with Crippen LogP contribution >= 0.6 is 85.1 Å². The maximum atomic E-state index is 12.1. The summed E-state index contributed by atoms with van der Waals surface area (Å²) in [6.45, 7) is 1.06. The molecule has 0 saturated heterocycles. The van der Waals surface area contributed by atoms with Crippen LogP contribution in [-0.2, 0) is 61.2 Å². The zero-order chi connectivity index (χ0) is 101. The van der Waals surface area contributed by atoms with Crippen LogP contribution in [0.25, 0.3) is 41.8 Å². The molecule has 145 heavy (non-hydrogen) atoms. The van der Waals surface area contributed by atoms with Crippen LogP contribution in [0.2, 0.25) is 0 Å². The number of para-hydroxylation sites is 2. The van der Waals surface area contributed by atoms with E-state index in [2.05, 4.69) is 139 Å². The highest BCUT2D eigenvalue weighted by atomic mass is 79.9. The predicted octanol–water partition coefficient (Wildman–Crippen LogP) is 28.3. The topological polar surface area (TPSA) is 338 Å². The molecule has 19 rings (SSSR count). The Labute approximate surface area is 878 Å². The third kappa shape index (κ3) is 41.9. The number of nitrogens with two attached hydrogens (primary N) is 3. The molecule has 22 nitrogen and oxygen atoms in total. The number of halogens is 2. The summed E-state index contributed by atoms with van der Waals surface area (Å²) in [4.78, 5) is 95.5. The molecule has 1 unspecified atom stereocenters. The van der Waals surface area contributed by atoms with Gasteiger partial charge in [0.15, 0.2) is 0 Å². The lowest BCUT2D eigenvalue weighted by atomic mass is 10.1. The fraction of sp³-hybridized carbons (Fsp3) is 0.0862. The first-order valence-electron chi connectivity index (χ1n) is 45.0. The fourth-order valence-corrected chi connectivity index (χ4v) is 17.3. The average Bonchev–Trinajstić information content (AvgIpc) is 1.66. The molecule has 0 radical (unpaired) electrons. The lowest BCUT2D eigenvalue weighted by Crippen LogP contribution is -2.28. The molecule has 0 fully saturated rings. The lowest BCUT2D eigenvalue weighted by molar-refractivity contribution is -0.384. The fourth-order valence-electron chi connectivity index (χ4n) is 12.9. The van der Waals surface area contributed by atoms with Gasteiger partial charge in [0, 0.05) is 142 Å². The number of aldehydes is 2. The molecule has 732 valence electrons. The van der Waals surface area contributed by atoms with Gasteiger partial charge < -0.3 is 46.9 Å². The lowest BCUT2D eigenvalue weighted by Gasteiger charge is -2.08. The molecule has 1 atom stereocenters. The van der Waals surface area contributed by atoms with Crippen LogP contribution in [0.4, 0.5) is 37.1 Å². The van der Waals surface area contributed by atoms with E-state index in [-0.39, 0.29) is 28.9 Å². The van der Waals surface area contributed by atoms with E-state index < -0.39 is 11.5 Å². The number of rotatable bonds is 26. The summed E-state index contributed by atoms with van der Waals surface area (Å²) in [6, 6.07) is 125. The van der Waals surface area contributed by atoms with Crippen molar-refractivity contribution in [1.29, 1.82) is 0 Å². The summed E-state index contributed by atoms with van der Waals surface area (Å²) in [7, 11) is 0. The minimum atomic E-state index is -0.814. The van der Waals surface area contributed by atoms with E-state index in [9.17, 15) is 34.1 Å². The van der Waals surface area contributed by atoms with Crippen LogP contribution in [0.5, 0.6) is 11.5 Å². The zero-order valence-corrected chi connectivity index (χ0v) is 84.3. The van der Waals surface area contributed by atoms with E-state index in [0.29, 0.717) is 54.5 Å². The van der Waals surface area contributed by atoms with E-state index >= 15 is 0 Å². The summed E-state index contributed by atoms with van der Waals surface area (Å²) in [6.07, 6.45) is 20.2. The van der Waals surface area contributed by atoms with Gasteiger partial charge in [0.2, 0.25) is 0 Å². The number of ether oxygens (including phenoxy) is 2. The maximum Gasteiger partial charge on any atom is 0.417 e. The standard InChI is InChI=1S/C23H20N4OS.C23H18N2O2S.C16H12N2O2S.C16H14N2S.C8H7BrO.C8H9NS.C8H8O.C7H5ClO2.C6H8N2.CH4/c28-23(26-15-18-10-12-24-13-11-18)27-20-8-6-17(7-9-20)14-22-25-16-21(29-22)19-4-2-1-3-5-19;26-23(27-20-9-5-2-6-10-20)25-19-13-11-17(12-14-19)15-22-24-16-21(28-22)18-7-3-1-4-8-18;19-18(20)14-8-6-12(7-9-14)10-16-17-11-15(21-16)13-4-2-1-3-5-13;17-14-8-6-12(7-9-14)10-16-18-11-15(19-16)13-4-2-1-3-5-13;9-8(6-10)7-4-2-1-3-5-7;9-8(10)6-7-4-2-1-3-5-7;9-7-6-8-4-2-1-3-5-8;8-7(9)10-6-4-2-1-3-5-6;7-5-6-1-3-8-4-2-6;/h1-13,16H,14-15H2,(H2,26,27,28);1-14,16H,15H2,(H,25,26);1-9,11H,10H2;1-9,11H,10,17H2;1-6,8H;1-5H,6H2,(H2,9,10);1-5,7H,6H2;1-5H;1-4H,5,7H2;1H4. The minimum absolute atomic E-state index is 0. The van der Waals surface area contributed by atoms with Gasteiger partial charge in [-0.25, -0.2) is 34.3 Å². The minimum Gasteiger partial charge on any atom is -0.415 e. The number of benzene rings is 13. The molecular weight excluding hydrogens is 2000 g/mol. The predicted molar refractivity (Wildman–Crippen MR) is 599 cm³/mol. The summed E-state index contributed by atoms with van der Waals surface area (Å²) < 4.78 is 9.77. The zero-order valence-electron chi connectivity index (χ0n) is 77.9. The van der Waals surface area contributed by atoms with Gasteiger partial charge in [-0.2, -0.15) is 0 Å². The second-order valence-corrected chi connectivity index (χ2v) is 37.1. The molecule has 0 aliphatic carbocycles. The molecule has 29 heteroatoms. The van der Waals surface area contributed by atoms with Gasteiger partial charge in [0.25, 0.3) is 5.69 Å². The summed E-state index contributed by atoms with van der Waals surface area (Å²) in [5.74, 6) is 0.970. The van der Waals surface area contributed by atoms with Crippen LogP contribution in [0.3, 0.4) is 0 Å². The second-order valence-electron chi connectivity index (χ2n) is 30.8. The number of carbonyl (C=O) groups excluding carboxylic acids is 5. The van der Waals surface area contributed by atoms with Crippen molar-refractivity contribution in [3.8, 4) is 53.3 Å². The van der Waals surface area contributed by atoms with E-state index in [1.54, 1.807) is 119 Å². The molecule has 13 aromatic carbocycles. The number of alkyl halides is 1. The Bertz CT molecular complexity index is 6930. The van der Waals surface area contributed by atoms with E-state index in [4.69, 9.17) is 45.8 Å². The van der Waals surface area contributed by atoms with Crippen molar-refractivity contribution >= 4 is 143 Å². The van der Waals surface area contributed by atoms with Gasteiger partial charge in [-0.1, -0.05) is 333 Å². The summed E-state index contributed by atoms with van der Waals surface area (Å²) in [5, 5.41) is 23.3. The Morgan fingerprint density at radius 1 is 0.414 bits per heavy atom. The number of nitro benzene ring substituents is 1. The Balaban J connectivity index is 0.000000174. The number of thiazole rings is 4. The van der Waals surface area contributed by atoms with Gasteiger partial charge in [-0.3, -0.25) is 25.4 Å². The number of nitro groups is 1. The van der Waals surface area contributed by atoms with Crippen molar-refractivity contribution < 1.29 is 38.4 Å². The van der Waals surface area contributed by atoms with Gasteiger partial charge in [-0.05, 0) is 157 Å². The molecule has 0 saturated carbocycles. The first kappa shape index (κ1) is 111. The Kier molecular flexibility index (Phi) is 48.1. The third-order valence-corrected chi connectivity index (χ3v) is 25.3. The number of carbonyl (C=O) groups is 5. The monoisotopic (exact) mass is 2100 g/mol. The molecule has 9 N–H and O–H groups in total. The first-order valence-corrected chi connectivity index (χ1v) is 50.0. The van der Waals surface area contributed by atoms with Crippen molar-refractivity contribution in [3.63, 3.8) is 0 Å². The number of nitrogens with one attached hydrogen (secondary N) is 3. The van der Waals surface area contributed by atoms with Gasteiger partial charge in [-0.15, -0.1) is 45.3 Å². The Morgan fingerprint density at radius 2 is 0.738 bits per heavy atom. The summed E-state index contributed by atoms with van der Waals surface area (Å²) >= 11 is 19.7. The van der Waals surface area contributed by atoms with Gasteiger partial charge in [0.1, 0.15) is 24.1 Å². The third-order valence-electron chi connectivity index (χ3n) is 20.1. The second kappa shape index (κ2) is 62.9. The Hall–Kier alpha value is -16.2. The van der Waals surface area contributed by atoms with Crippen LogP contribution < -0.4 is 42.6 Å². The molecule has 0 spiro atoms. The quantitative estimate of drug-likeness (QED) is 0.00558. The van der Waals surface area contributed by atoms with Crippen molar-refractivity contribution in [3.05, 3.63) is 524 Å². The summed E-state index contributed by atoms with van der Waals surface area (Å²) in [5.41, 5.74) is 32.6. The molecule has 19 aromatic rings. The molecule has 0 bridgehead atoms. The smallest absolute Gasteiger partial charge is 0.415 e. The molecule has 0 aliphatic heterocycles. The number of pyridine rings is 2. The van der Waals surface area contributed by atoms with Crippen LogP contribution in [0, 0.1) is 10.1 Å². The first-order chi connectivity index (χ1) is 70.3. The molecule has 6 heterocycles. The van der Waals surface area contributed by atoms with Gasteiger partial charge in [0.05, 0.1) is 54.3 Å². The van der Waals surface area contributed by atoms with Gasteiger partial charge >= 0.3 is 17.6 Å². The number of hydrogen-bond donors (Lipinski definition) is 6. The number of hydrogen-bond acceptors (Lipinski definition) is 22. The van der Waals surface area contributed by atoms with Crippen molar-refractivity contribution in [1.82, 2.24) is 35.2 Å². The number of non-ortho nitro benzene ring substituents is 1. The number of nitrogens with zero attached hydrogens (tertiary/aromatic N) is 7. The van der Waals surface area contributed by atoms with Crippen molar-refractivity contribution in [2.24, 2.45) is 11.5 Å². The number of anilines is 3. The maximum absolute atomic E-state index is 12.1. The SMILES string of the molecule is C.NC(=S)Cc1ccccc1.NCc1ccncc1.Nc1ccc(Cc2ncc(-c3ccccc3)s2)cc1.O=C(Cl)Oc1ccccc1.O=C(NCc1ccncc1)Nc1ccc(Cc2ncc(-c3ccccc3)s2)cc1.O=C(Nc1ccc(Cc2ncc(-c3ccccc3)s2)cc1)Oc1ccccc1.O=CC(Br)c1ccccc1.O=CCc1ccccc1.O=[N+]([O-])c1ccc(Cc2ncc(-c3ccccc3)s2)cc1. The highest BCUT2D eigenvalue weighted by Crippen LogP contribution is 2.33. The highest BCUT2D eigenvalue weighted by Gasteiger charge is 2.14. The Morgan fingerprint density at radius 3 is 1.08 bits per heavy atom. The molecule has 0 aliphatic rings. The number of aromatic nitrogens is 6. The number of thiocarbonyl (C=S) groups is 1. The molecular formula is C116H105BrClN13O9S5. The average molecular weight is 2100 g/mol. The van der Waals surface area contributed by atoms with E-state index in [1.165, 1.54) is 49.7 Å². The van der Waals surface area contributed by atoms with Crippen LogP contribution in [0.15, 0.2) is 444 Å². The number of amides is 3. The largest absolute Gasteiger partial charge is 0.417 e. The van der Waals surface area contributed by atoms with Crippen LogP contribution in [0.1, 0.15) is 82.4 Å². The van der Waals surface area contributed by atoms with E-state index in [1.807, 2.05) is 286 Å². The number of urea groups is 1. The van der Waals surface area contributed by atoms with E-state index in [0.717, 1.165) is 118 Å². The van der Waals surface area contributed by atoms with Crippen molar-refractivity contribution in [2.75, 3.05) is 16.4 Å². The highest BCUT2D eigenvalue weighted by molar-refractivity contribution is 9.09. The normalized spacial score (nSPS) is 10.2. The number of nitrogen functional groups attached to an aromatic ring is 1.